The molecule has 1 amide bonds. The number of nitrogens with two attached hydrogens (primary N) is 1. The lowest BCUT2D eigenvalue weighted by Crippen LogP contribution is -2.12. The van der Waals surface area contributed by atoms with Crippen molar-refractivity contribution in [2.75, 3.05) is 0 Å². The molecule has 2 aromatic rings. The number of amides is 1. The van der Waals surface area contributed by atoms with E-state index in [2.05, 4.69) is 15.9 Å². The number of benzene rings is 2. The van der Waals surface area contributed by atoms with E-state index in [-0.39, 0.29) is 5.57 Å². The summed E-state index contributed by atoms with van der Waals surface area (Å²) in [7, 11) is 0. The van der Waals surface area contributed by atoms with Crippen LogP contribution in [-0.4, -0.2) is 5.91 Å². The van der Waals surface area contributed by atoms with Crippen LogP contribution in [-0.2, 0) is 11.4 Å². The molecule has 2 N–H and O–H groups in total. The lowest BCUT2D eigenvalue weighted by molar-refractivity contribution is -0.114. The molecule has 0 aliphatic heterocycles. The quantitative estimate of drug-likeness (QED) is 0.616. The van der Waals surface area contributed by atoms with Gasteiger partial charge in [-0.3, -0.25) is 4.79 Å². The van der Waals surface area contributed by atoms with Gasteiger partial charge in [0.1, 0.15) is 24.0 Å². The van der Waals surface area contributed by atoms with Gasteiger partial charge in [-0.05, 0) is 42.0 Å². The predicted octanol–water partition coefficient (Wildman–Crippen LogP) is 4.07. The Balaban J connectivity index is 2.27. The fourth-order valence-electron chi connectivity index (χ4n) is 1.82. The minimum Gasteiger partial charge on any atom is -0.488 e. The van der Waals surface area contributed by atoms with Gasteiger partial charge in [0.25, 0.3) is 5.91 Å². The number of rotatable bonds is 5. The van der Waals surface area contributed by atoms with Gasteiger partial charge in [-0.1, -0.05) is 39.7 Å². The number of carbonyl (C=O) groups excluding carboxylic acids is 1. The normalized spacial score (nSPS) is 10.9. The fourth-order valence-corrected chi connectivity index (χ4v) is 2.32. The Labute approximate surface area is 147 Å². The Kier molecular flexibility index (Phi) is 5.80. The molecule has 0 fully saturated rings. The van der Waals surface area contributed by atoms with Crippen molar-refractivity contribution >= 4 is 39.5 Å². The molecule has 0 atom stereocenters. The minimum absolute atomic E-state index is 0.139. The number of hydrogen-bond acceptors (Lipinski definition) is 3. The van der Waals surface area contributed by atoms with Crippen molar-refractivity contribution in [2.24, 2.45) is 5.73 Å². The topological polar surface area (TPSA) is 76.1 Å². The first-order chi connectivity index (χ1) is 11.0. The van der Waals surface area contributed by atoms with Gasteiger partial charge in [-0.25, -0.2) is 0 Å². The van der Waals surface area contributed by atoms with Crippen molar-refractivity contribution in [3.05, 3.63) is 68.7 Å². The van der Waals surface area contributed by atoms with Crippen LogP contribution in [0.1, 0.15) is 11.1 Å². The number of hydrogen-bond donors (Lipinski definition) is 1. The van der Waals surface area contributed by atoms with E-state index in [0.29, 0.717) is 22.9 Å². The number of halogens is 2. The van der Waals surface area contributed by atoms with E-state index in [1.54, 1.807) is 30.3 Å². The summed E-state index contributed by atoms with van der Waals surface area (Å²) >= 11 is 9.20. The largest absolute Gasteiger partial charge is 0.488 e. The lowest BCUT2D eigenvalue weighted by atomic mass is 10.1. The Morgan fingerprint density at radius 1 is 1.30 bits per heavy atom. The van der Waals surface area contributed by atoms with Crippen molar-refractivity contribution < 1.29 is 9.53 Å². The van der Waals surface area contributed by atoms with Gasteiger partial charge in [0.15, 0.2) is 0 Å². The summed E-state index contributed by atoms with van der Waals surface area (Å²) in [5, 5.41) is 9.62. The van der Waals surface area contributed by atoms with Crippen LogP contribution in [0.15, 0.2) is 52.5 Å². The average molecular weight is 392 g/mol. The molecule has 116 valence electrons. The SMILES string of the molecule is N#CC(=Cc1cc(Br)ccc1OCc1ccc(Cl)cc1)C(N)=O. The molecule has 23 heavy (non-hydrogen) atoms. The predicted molar refractivity (Wildman–Crippen MR) is 92.7 cm³/mol. The number of ether oxygens (including phenoxy) is 1. The molecule has 0 radical (unpaired) electrons. The van der Waals surface area contributed by atoms with E-state index in [0.717, 1.165) is 10.0 Å². The number of nitriles is 1. The van der Waals surface area contributed by atoms with Gasteiger partial charge in [0.2, 0.25) is 0 Å². The highest BCUT2D eigenvalue weighted by Crippen LogP contribution is 2.26. The molecule has 6 heteroatoms. The van der Waals surface area contributed by atoms with Crippen molar-refractivity contribution in [3.63, 3.8) is 0 Å². The molecule has 0 saturated carbocycles. The van der Waals surface area contributed by atoms with E-state index >= 15 is 0 Å². The molecule has 0 aliphatic carbocycles. The number of primary amides is 1. The molecular weight excluding hydrogens is 380 g/mol. The Hall–Kier alpha value is -2.29. The molecule has 4 nitrogen and oxygen atoms in total. The highest BCUT2D eigenvalue weighted by molar-refractivity contribution is 9.10. The van der Waals surface area contributed by atoms with E-state index < -0.39 is 5.91 Å². The third-order valence-corrected chi connectivity index (χ3v) is 3.71. The maximum Gasteiger partial charge on any atom is 0.259 e. The standard InChI is InChI=1S/C17H12BrClN2O2/c18-14-3-6-16(12(8-14)7-13(9-20)17(21)22)23-10-11-1-4-15(19)5-2-11/h1-8H,10H2,(H2,21,22). The van der Waals surface area contributed by atoms with Gasteiger partial charge in [-0.2, -0.15) is 5.26 Å². The Morgan fingerprint density at radius 2 is 2.00 bits per heavy atom. The summed E-state index contributed by atoms with van der Waals surface area (Å²) in [4.78, 5) is 11.2. The summed E-state index contributed by atoms with van der Waals surface area (Å²) < 4.78 is 6.57. The molecule has 0 bridgehead atoms. The van der Waals surface area contributed by atoms with Crippen LogP contribution in [0.5, 0.6) is 5.75 Å². The van der Waals surface area contributed by atoms with E-state index in [1.165, 1.54) is 6.08 Å². The van der Waals surface area contributed by atoms with Gasteiger partial charge in [0.05, 0.1) is 0 Å². The van der Waals surface area contributed by atoms with Crippen LogP contribution < -0.4 is 10.5 Å². The van der Waals surface area contributed by atoms with Crippen LogP contribution in [0.2, 0.25) is 5.02 Å². The molecule has 2 rings (SSSR count). The Bertz CT molecular complexity index is 795. The maximum absolute atomic E-state index is 11.2. The van der Waals surface area contributed by atoms with Crippen molar-refractivity contribution in [1.82, 2.24) is 0 Å². The summed E-state index contributed by atoms with van der Waals surface area (Å²) in [5.41, 5.74) is 6.56. The Morgan fingerprint density at radius 3 is 2.61 bits per heavy atom. The summed E-state index contributed by atoms with van der Waals surface area (Å²) in [6, 6.07) is 14.4. The zero-order valence-electron chi connectivity index (χ0n) is 11.9. The van der Waals surface area contributed by atoms with Gasteiger partial charge in [0, 0.05) is 15.1 Å². The third kappa shape index (κ3) is 4.85. The summed E-state index contributed by atoms with van der Waals surface area (Å²) in [5.74, 6) is -0.242. The first-order valence-corrected chi connectivity index (χ1v) is 7.75. The van der Waals surface area contributed by atoms with E-state index in [4.69, 9.17) is 27.3 Å². The molecule has 0 aliphatic rings. The van der Waals surface area contributed by atoms with Crippen LogP contribution in [0.3, 0.4) is 0 Å². The van der Waals surface area contributed by atoms with Crippen LogP contribution >= 0.6 is 27.5 Å². The van der Waals surface area contributed by atoms with Gasteiger partial charge < -0.3 is 10.5 Å². The second kappa shape index (κ2) is 7.82. The smallest absolute Gasteiger partial charge is 0.259 e. The summed E-state index contributed by atoms with van der Waals surface area (Å²) in [6.45, 7) is 0.331. The average Bonchev–Trinajstić information content (AvgIpc) is 2.53. The van der Waals surface area contributed by atoms with Crippen molar-refractivity contribution in [3.8, 4) is 11.8 Å². The second-order valence-corrected chi connectivity index (χ2v) is 5.98. The molecule has 0 saturated heterocycles. The first kappa shape index (κ1) is 17.1. The van der Waals surface area contributed by atoms with Gasteiger partial charge in [-0.15, -0.1) is 0 Å². The zero-order chi connectivity index (χ0) is 16.8. The fraction of sp³-hybridized carbons (Fsp3) is 0.0588. The molecule has 2 aromatic carbocycles. The van der Waals surface area contributed by atoms with Crippen molar-refractivity contribution in [1.29, 1.82) is 5.26 Å². The zero-order valence-corrected chi connectivity index (χ0v) is 14.3. The summed E-state index contributed by atoms with van der Waals surface area (Å²) in [6.07, 6.45) is 1.41. The van der Waals surface area contributed by atoms with Crippen molar-refractivity contribution in [2.45, 2.75) is 6.61 Å². The lowest BCUT2D eigenvalue weighted by Gasteiger charge is -2.10. The maximum atomic E-state index is 11.2. The monoisotopic (exact) mass is 390 g/mol. The second-order valence-electron chi connectivity index (χ2n) is 4.63. The molecule has 0 spiro atoms. The molecule has 0 aromatic heterocycles. The van der Waals surface area contributed by atoms with E-state index in [9.17, 15) is 4.79 Å². The minimum atomic E-state index is -0.781. The van der Waals surface area contributed by atoms with Crippen LogP contribution in [0.4, 0.5) is 0 Å². The highest BCUT2D eigenvalue weighted by Gasteiger charge is 2.08. The van der Waals surface area contributed by atoms with Gasteiger partial charge >= 0.3 is 0 Å². The number of carbonyl (C=O) groups is 1. The van der Waals surface area contributed by atoms with Crippen LogP contribution in [0, 0.1) is 11.3 Å². The molecular formula is C17H12BrClN2O2. The third-order valence-electron chi connectivity index (χ3n) is 2.97. The molecule has 0 unspecified atom stereocenters. The molecule has 0 heterocycles. The highest BCUT2D eigenvalue weighted by atomic mass is 79.9. The van der Waals surface area contributed by atoms with E-state index in [1.807, 2.05) is 18.2 Å². The van der Waals surface area contributed by atoms with Crippen LogP contribution in [0.25, 0.3) is 6.08 Å². The number of nitrogens with zero attached hydrogens (tertiary/aromatic N) is 1. The first-order valence-electron chi connectivity index (χ1n) is 6.58.